The summed E-state index contributed by atoms with van der Waals surface area (Å²) < 4.78 is 5.52. The third-order valence-corrected chi connectivity index (χ3v) is 3.63. The highest BCUT2D eigenvalue weighted by molar-refractivity contribution is 5.28. The second-order valence-electron chi connectivity index (χ2n) is 5.86. The molecule has 108 valence electrons. The number of rotatable bonds is 8. The molecule has 1 rings (SSSR count). The fourth-order valence-corrected chi connectivity index (χ4v) is 2.54. The molecule has 0 aliphatic rings. The van der Waals surface area contributed by atoms with Crippen molar-refractivity contribution < 1.29 is 4.74 Å². The third kappa shape index (κ3) is 5.65. The second kappa shape index (κ2) is 8.21. The van der Waals surface area contributed by atoms with E-state index in [-0.39, 0.29) is 0 Å². The smallest absolute Gasteiger partial charge is 0.119 e. The molecule has 1 aromatic carbocycles. The summed E-state index contributed by atoms with van der Waals surface area (Å²) in [5, 5.41) is 3.58. The van der Waals surface area contributed by atoms with Gasteiger partial charge in [0, 0.05) is 6.54 Å². The molecule has 0 atom stereocenters. The first-order valence-electron chi connectivity index (χ1n) is 7.47. The van der Waals surface area contributed by atoms with Crippen molar-refractivity contribution in [2.75, 3.05) is 13.2 Å². The molecule has 0 fully saturated rings. The first-order valence-corrected chi connectivity index (χ1v) is 7.47. The molecule has 1 aromatic rings. The quantitative estimate of drug-likeness (QED) is 0.762. The van der Waals surface area contributed by atoms with Gasteiger partial charge in [0.1, 0.15) is 5.75 Å². The Morgan fingerprint density at radius 3 is 2.37 bits per heavy atom. The van der Waals surface area contributed by atoms with Gasteiger partial charge < -0.3 is 10.1 Å². The Bertz CT molecular complexity index is 352. The molecular weight excluding hydrogens is 234 g/mol. The van der Waals surface area contributed by atoms with Crippen molar-refractivity contribution in [1.29, 1.82) is 0 Å². The predicted molar refractivity (Wildman–Crippen MR) is 82.5 cm³/mol. The maximum absolute atomic E-state index is 5.52. The molecule has 0 aliphatic heterocycles. The predicted octanol–water partition coefficient (Wildman–Crippen LogP) is 4.10. The fraction of sp³-hybridized carbons (Fsp3) is 0.647. The van der Waals surface area contributed by atoms with Crippen LogP contribution in [0.3, 0.4) is 0 Å². The van der Waals surface area contributed by atoms with E-state index in [4.69, 9.17) is 4.74 Å². The van der Waals surface area contributed by atoms with Crippen LogP contribution in [-0.4, -0.2) is 13.2 Å². The number of ether oxygens (including phenoxy) is 1. The Labute approximate surface area is 118 Å². The monoisotopic (exact) mass is 263 g/mol. The van der Waals surface area contributed by atoms with Gasteiger partial charge in [-0.25, -0.2) is 0 Å². The van der Waals surface area contributed by atoms with E-state index in [1.165, 1.54) is 5.56 Å². The molecule has 0 radical (unpaired) electrons. The second-order valence-corrected chi connectivity index (χ2v) is 5.86. The summed E-state index contributed by atoms with van der Waals surface area (Å²) >= 11 is 0. The van der Waals surface area contributed by atoms with Crippen LogP contribution in [0, 0.1) is 17.8 Å². The lowest BCUT2D eigenvalue weighted by Gasteiger charge is -2.25. The van der Waals surface area contributed by atoms with Crippen LogP contribution >= 0.6 is 0 Å². The molecule has 2 heteroatoms. The molecule has 0 aromatic heterocycles. The summed E-state index contributed by atoms with van der Waals surface area (Å²) in [6.07, 6.45) is 0. The van der Waals surface area contributed by atoms with Gasteiger partial charge in [0.05, 0.1) is 6.61 Å². The van der Waals surface area contributed by atoms with E-state index in [0.29, 0.717) is 0 Å². The van der Waals surface area contributed by atoms with E-state index in [9.17, 15) is 0 Å². The largest absolute Gasteiger partial charge is 0.494 e. The lowest BCUT2D eigenvalue weighted by atomic mass is 9.85. The average molecular weight is 263 g/mol. The molecule has 0 aliphatic carbocycles. The Balaban J connectivity index is 2.45. The van der Waals surface area contributed by atoms with Crippen LogP contribution in [0.5, 0.6) is 5.75 Å². The molecule has 0 heterocycles. The molecule has 0 saturated heterocycles. The van der Waals surface area contributed by atoms with Crippen molar-refractivity contribution in [1.82, 2.24) is 5.32 Å². The van der Waals surface area contributed by atoms with Gasteiger partial charge >= 0.3 is 0 Å². The highest BCUT2D eigenvalue weighted by Gasteiger charge is 2.16. The molecule has 0 amide bonds. The number of benzene rings is 1. The number of hydrogen-bond acceptors (Lipinski definition) is 2. The van der Waals surface area contributed by atoms with Gasteiger partial charge in [-0.1, -0.05) is 39.8 Å². The van der Waals surface area contributed by atoms with Crippen LogP contribution < -0.4 is 10.1 Å². The zero-order chi connectivity index (χ0) is 14.3. The first-order chi connectivity index (χ1) is 9.04. The molecule has 1 N–H and O–H groups in total. The molecular formula is C17H29NO. The SMILES string of the molecule is CCOc1cccc(CNCC(C(C)C)C(C)C)c1. The van der Waals surface area contributed by atoms with E-state index in [1.807, 2.05) is 13.0 Å². The van der Waals surface area contributed by atoms with E-state index < -0.39 is 0 Å². The maximum Gasteiger partial charge on any atom is 0.119 e. The van der Waals surface area contributed by atoms with Crippen molar-refractivity contribution in [2.24, 2.45) is 17.8 Å². The minimum absolute atomic E-state index is 0.722. The fourth-order valence-electron chi connectivity index (χ4n) is 2.54. The lowest BCUT2D eigenvalue weighted by Crippen LogP contribution is -2.29. The van der Waals surface area contributed by atoms with Gasteiger partial charge in [-0.05, 0) is 48.9 Å². The summed E-state index contributed by atoms with van der Waals surface area (Å²) in [7, 11) is 0. The van der Waals surface area contributed by atoms with E-state index in [1.54, 1.807) is 0 Å². The summed E-state index contributed by atoms with van der Waals surface area (Å²) in [6.45, 7) is 14.0. The van der Waals surface area contributed by atoms with Crippen molar-refractivity contribution >= 4 is 0 Å². The van der Waals surface area contributed by atoms with Crippen LogP contribution in [0.2, 0.25) is 0 Å². The molecule has 19 heavy (non-hydrogen) atoms. The van der Waals surface area contributed by atoms with E-state index in [2.05, 4.69) is 51.2 Å². The average Bonchev–Trinajstić information content (AvgIpc) is 2.34. The van der Waals surface area contributed by atoms with E-state index in [0.717, 1.165) is 43.2 Å². The molecule has 0 spiro atoms. The van der Waals surface area contributed by atoms with Crippen LogP contribution in [0.25, 0.3) is 0 Å². The Hall–Kier alpha value is -1.02. The number of nitrogens with one attached hydrogen (secondary N) is 1. The molecule has 0 bridgehead atoms. The minimum Gasteiger partial charge on any atom is -0.494 e. The maximum atomic E-state index is 5.52. The zero-order valence-electron chi connectivity index (χ0n) is 13.1. The summed E-state index contributed by atoms with van der Waals surface area (Å²) in [5.41, 5.74) is 1.29. The van der Waals surface area contributed by atoms with Crippen LogP contribution in [0.1, 0.15) is 40.2 Å². The van der Waals surface area contributed by atoms with Crippen molar-refractivity contribution in [3.63, 3.8) is 0 Å². The van der Waals surface area contributed by atoms with Crippen LogP contribution in [0.4, 0.5) is 0 Å². The zero-order valence-corrected chi connectivity index (χ0v) is 13.1. The van der Waals surface area contributed by atoms with Gasteiger partial charge in [0.15, 0.2) is 0 Å². The van der Waals surface area contributed by atoms with Crippen molar-refractivity contribution in [3.05, 3.63) is 29.8 Å². The molecule has 2 nitrogen and oxygen atoms in total. The topological polar surface area (TPSA) is 21.3 Å². The van der Waals surface area contributed by atoms with Crippen molar-refractivity contribution in [3.8, 4) is 5.75 Å². The van der Waals surface area contributed by atoms with Gasteiger partial charge in [0.25, 0.3) is 0 Å². The first kappa shape index (κ1) is 16.0. The van der Waals surface area contributed by atoms with Crippen molar-refractivity contribution in [2.45, 2.75) is 41.2 Å². The Kier molecular flexibility index (Phi) is 6.93. The highest BCUT2D eigenvalue weighted by Crippen LogP contribution is 2.19. The third-order valence-electron chi connectivity index (χ3n) is 3.63. The van der Waals surface area contributed by atoms with Crippen LogP contribution in [-0.2, 0) is 6.54 Å². The normalized spacial score (nSPS) is 11.6. The van der Waals surface area contributed by atoms with Gasteiger partial charge in [-0.3, -0.25) is 0 Å². The van der Waals surface area contributed by atoms with Gasteiger partial charge in [0.2, 0.25) is 0 Å². The number of hydrogen-bond donors (Lipinski definition) is 1. The molecule has 0 unspecified atom stereocenters. The van der Waals surface area contributed by atoms with Crippen LogP contribution in [0.15, 0.2) is 24.3 Å². The highest BCUT2D eigenvalue weighted by atomic mass is 16.5. The summed E-state index contributed by atoms with van der Waals surface area (Å²) in [6, 6.07) is 8.34. The lowest BCUT2D eigenvalue weighted by molar-refractivity contribution is 0.275. The summed E-state index contributed by atoms with van der Waals surface area (Å²) in [5.74, 6) is 3.14. The minimum atomic E-state index is 0.722. The standard InChI is InChI=1S/C17H29NO/c1-6-19-16-9-7-8-15(10-16)11-18-12-17(13(2)3)14(4)5/h7-10,13-14,17-18H,6,11-12H2,1-5H3. The van der Waals surface area contributed by atoms with Gasteiger partial charge in [-0.2, -0.15) is 0 Å². The van der Waals surface area contributed by atoms with Gasteiger partial charge in [-0.15, -0.1) is 0 Å². The van der Waals surface area contributed by atoms with E-state index >= 15 is 0 Å². The summed E-state index contributed by atoms with van der Waals surface area (Å²) in [4.78, 5) is 0. The molecule has 0 saturated carbocycles. The Morgan fingerprint density at radius 1 is 1.11 bits per heavy atom. The Morgan fingerprint density at radius 2 is 1.79 bits per heavy atom.